The number of ether oxygens (including phenoxy) is 1. The van der Waals surface area contributed by atoms with Gasteiger partial charge in [0.1, 0.15) is 5.75 Å². The molecule has 3 rings (SSSR count). The normalized spacial score (nSPS) is 16.2. The van der Waals surface area contributed by atoms with E-state index >= 15 is 0 Å². The number of carbonyl (C=O) groups excluding carboxylic acids is 2. The number of methoxy groups -OCH3 is 1. The zero-order valence-electron chi connectivity index (χ0n) is 21.2. The number of aryl methyl sites for hydroxylation is 1. The molecule has 2 aromatic carbocycles. The number of hydrogen-bond acceptors (Lipinski definition) is 5. The summed E-state index contributed by atoms with van der Waals surface area (Å²) in [4.78, 5) is 37.6. The highest BCUT2D eigenvalue weighted by Gasteiger charge is 2.27. The van der Waals surface area contributed by atoms with Gasteiger partial charge in [0.2, 0.25) is 5.91 Å². The fourth-order valence-electron chi connectivity index (χ4n) is 4.64. The lowest BCUT2D eigenvalue weighted by molar-refractivity contribution is -0.137. The first-order valence-corrected chi connectivity index (χ1v) is 12.3. The number of likely N-dealkylation sites (tertiary alicyclic amines) is 1. The first-order chi connectivity index (χ1) is 17.2. The number of carboxylic acid groups (broad SMARTS) is 1. The van der Waals surface area contributed by atoms with Crippen LogP contribution in [0.5, 0.6) is 5.75 Å². The number of hydrogen-bond donors (Lipinski definition) is 4. The fraction of sp³-hybridized carbons (Fsp3) is 0.444. The van der Waals surface area contributed by atoms with Crippen molar-refractivity contribution in [3.63, 3.8) is 0 Å². The van der Waals surface area contributed by atoms with Crippen molar-refractivity contribution in [1.29, 1.82) is 0 Å². The third kappa shape index (κ3) is 7.98. The van der Waals surface area contributed by atoms with Crippen molar-refractivity contribution < 1.29 is 24.2 Å². The van der Waals surface area contributed by atoms with Crippen LogP contribution in [0.4, 0.5) is 16.2 Å². The van der Waals surface area contributed by atoms with E-state index in [2.05, 4.69) is 20.9 Å². The predicted octanol–water partition coefficient (Wildman–Crippen LogP) is 4.40. The second kappa shape index (κ2) is 12.9. The summed E-state index contributed by atoms with van der Waals surface area (Å²) < 4.78 is 5.56. The molecule has 4 N–H and O–H groups in total. The number of nitrogens with zero attached hydrogens (tertiary/aromatic N) is 1. The Bertz CT molecular complexity index is 1070. The van der Waals surface area contributed by atoms with E-state index in [1.54, 1.807) is 13.2 Å². The number of amides is 3. The number of para-hydroxylation sites is 1. The summed E-state index contributed by atoms with van der Waals surface area (Å²) in [5.41, 5.74) is 3.11. The Kier molecular flexibility index (Phi) is 9.69. The van der Waals surface area contributed by atoms with E-state index in [9.17, 15) is 14.4 Å². The molecule has 0 saturated carbocycles. The lowest BCUT2D eigenvalue weighted by Crippen LogP contribution is -2.29. The van der Waals surface area contributed by atoms with Crippen molar-refractivity contribution in [3.8, 4) is 5.75 Å². The third-order valence-electron chi connectivity index (χ3n) is 6.45. The zero-order chi connectivity index (χ0) is 26.1. The van der Waals surface area contributed by atoms with E-state index in [1.807, 2.05) is 43.3 Å². The molecule has 1 aliphatic heterocycles. The van der Waals surface area contributed by atoms with Crippen molar-refractivity contribution in [3.05, 3.63) is 53.6 Å². The first-order valence-electron chi connectivity index (χ1n) is 12.3. The van der Waals surface area contributed by atoms with Crippen LogP contribution < -0.4 is 20.7 Å². The van der Waals surface area contributed by atoms with Gasteiger partial charge in [-0.3, -0.25) is 9.59 Å². The number of carbonyl (C=O) groups is 3. The smallest absolute Gasteiger partial charge is 0.323 e. The molecule has 0 radical (unpaired) electrons. The first kappa shape index (κ1) is 27.0. The van der Waals surface area contributed by atoms with E-state index in [0.717, 1.165) is 49.3 Å². The lowest BCUT2D eigenvalue weighted by atomic mass is 9.93. The highest BCUT2D eigenvalue weighted by Crippen LogP contribution is 2.33. The van der Waals surface area contributed by atoms with Crippen molar-refractivity contribution in [1.82, 2.24) is 10.2 Å². The predicted molar refractivity (Wildman–Crippen MR) is 139 cm³/mol. The number of rotatable bonds is 11. The quantitative estimate of drug-likeness (QED) is 0.366. The molecule has 1 aliphatic rings. The topological polar surface area (TPSA) is 120 Å². The molecule has 1 fully saturated rings. The molecule has 1 saturated heterocycles. The van der Waals surface area contributed by atoms with Crippen LogP contribution in [0.1, 0.15) is 49.8 Å². The Hall–Kier alpha value is -3.59. The second-order valence-electron chi connectivity index (χ2n) is 9.30. The van der Waals surface area contributed by atoms with Gasteiger partial charge in [-0.15, -0.1) is 0 Å². The maximum atomic E-state index is 12.6. The van der Waals surface area contributed by atoms with Crippen LogP contribution in [-0.4, -0.2) is 54.7 Å². The molecule has 2 atom stereocenters. The second-order valence-corrected chi connectivity index (χ2v) is 9.30. The molecular formula is C27H36N4O5. The van der Waals surface area contributed by atoms with Gasteiger partial charge in [-0.25, -0.2) is 4.79 Å². The van der Waals surface area contributed by atoms with Crippen LogP contribution in [0, 0.1) is 12.8 Å². The van der Waals surface area contributed by atoms with Gasteiger partial charge in [0, 0.05) is 25.6 Å². The third-order valence-corrected chi connectivity index (χ3v) is 6.45. The molecular weight excluding hydrogens is 460 g/mol. The van der Waals surface area contributed by atoms with Crippen LogP contribution in [-0.2, 0) is 9.59 Å². The SMILES string of the molecule is COc1cc(C(CC2CCN(CCCC(=O)O)C2)NC(C)=O)ccc1NC(=O)Nc1ccccc1C. The van der Waals surface area contributed by atoms with E-state index in [0.29, 0.717) is 23.8 Å². The Morgan fingerprint density at radius 2 is 1.89 bits per heavy atom. The number of urea groups is 1. The Morgan fingerprint density at radius 3 is 2.58 bits per heavy atom. The van der Waals surface area contributed by atoms with Crippen LogP contribution >= 0.6 is 0 Å². The van der Waals surface area contributed by atoms with Crippen molar-refractivity contribution in [2.24, 2.45) is 5.92 Å². The van der Waals surface area contributed by atoms with E-state index in [1.165, 1.54) is 6.92 Å². The molecule has 0 bridgehead atoms. The van der Waals surface area contributed by atoms with Gasteiger partial charge in [0.05, 0.1) is 18.8 Å². The van der Waals surface area contributed by atoms with Crippen molar-refractivity contribution >= 4 is 29.3 Å². The number of benzene rings is 2. The van der Waals surface area contributed by atoms with Gasteiger partial charge < -0.3 is 30.7 Å². The zero-order valence-corrected chi connectivity index (χ0v) is 21.2. The summed E-state index contributed by atoms with van der Waals surface area (Å²) in [5.74, 6) is 0.00553. The highest BCUT2D eigenvalue weighted by molar-refractivity contribution is 6.01. The molecule has 0 spiro atoms. The Balaban J connectivity index is 1.66. The molecule has 1 heterocycles. The van der Waals surface area contributed by atoms with Crippen LogP contribution in [0.3, 0.4) is 0 Å². The average Bonchev–Trinajstić information content (AvgIpc) is 3.27. The fourth-order valence-corrected chi connectivity index (χ4v) is 4.64. The summed E-state index contributed by atoms with van der Waals surface area (Å²) in [5, 5.41) is 17.6. The molecule has 0 aliphatic carbocycles. The van der Waals surface area contributed by atoms with Gasteiger partial charge >= 0.3 is 12.0 Å². The molecule has 2 aromatic rings. The highest BCUT2D eigenvalue weighted by atomic mass is 16.5. The van der Waals surface area contributed by atoms with Gasteiger partial charge in [0.25, 0.3) is 0 Å². The van der Waals surface area contributed by atoms with E-state index in [4.69, 9.17) is 9.84 Å². The lowest BCUT2D eigenvalue weighted by Gasteiger charge is -2.23. The molecule has 0 aromatic heterocycles. The maximum Gasteiger partial charge on any atom is 0.323 e. The molecule has 9 nitrogen and oxygen atoms in total. The summed E-state index contributed by atoms with van der Waals surface area (Å²) in [7, 11) is 1.54. The monoisotopic (exact) mass is 496 g/mol. The maximum absolute atomic E-state index is 12.6. The number of nitrogens with one attached hydrogen (secondary N) is 3. The van der Waals surface area contributed by atoms with E-state index in [-0.39, 0.29) is 24.4 Å². The van der Waals surface area contributed by atoms with Crippen molar-refractivity contribution in [2.45, 2.75) is 45.6 Å². The van der Waals surface area contributed by atoms with Gasteiger partial charge in [-0.1, -0.05) is 24.3 Å². The van der Waals surface area contributed by atoms with Crippen LogP contribution in [0.15, 0.2) is 42.5 Å². The molecule has 2 unspecified atom stereocenters. The molecule has 36 heavy (non-hydrogen) atoms. The summed E-state index contributed by atoms with van der Waals surface area (Å²) in [6, 6.07) is 12.5. The van der Waals surface area contributed by atoms with Crippen LogP contribution in [0.25, 0.3) is 0 Å². The molecule has 9 heteroatoms. The van der Waals surface area contributed by atoms with Crippen molar-refractivity contribution in [2.75, 3.05) is 37.4 Å². The summed E-state index contributed by atoms with van der Waals surface area (Å²) >= 11 is 0. The standard InChI is InChI=1S/C27H36N4O5/c1-18-7-4-5-8-22(18)29-27(35)30-23-11-10-21(16-25(23)36-3)24(28-19(2)32)15-20-12-14-31(17-20)13-6-9-26(33)34/h4-5,7-8,10-11,16,20,24H,6,9,12-15,17H2,1-3H3,(H,28,32)(H,33,34)(H2,29,30,35). The average molecular weight is 497 g/mol. The minimum absolute atomic E-state index is 0.116. The van der Waals surface area contributed by atoms with Gasteiger partial charge in [0.15, 0.2) is 0 Å². The summed E-state index contributed by atoms with van der Waals surface area (Å²) in [6.07, 6.45) is 2.58. The number of carboxylic acids is 1. The minimum Gasteiger partial charge on any atom is -0.495 e. The van der Waals surface area contributed by atoms with Gasteiger partial charge in [-0.2, -0.15) is 0 Å². The number of aliphatic carboxylic acids is 1. The van der Waals surface area contributed by atoms with Gasteiger partial charge in [-0.05, 0) is 74.5 Å². The summed E-state index contributed by atoms with van der Waals surface area (Å²) in [6.45, 7) is 6.01. The number of anilines is 2. The largest absolute Gasteiger partial charge is 0.495 e. The minimum atomic E-state index is -0.768. The Morgan fingerprint density at radius 1 is 1.14 bits per heavy atom. The Labute approximate surface area is 212 Å². The molecule has 194 valence electrons. The van der Waals surface area contributed by atoms with E-state index < -0.39 is 5.97 Å². The van der Waals surface area contributed by atoms with Crippen LogP contribution in [0.2, 0.25) is 0 Å². The molecule has 3 amide bonds.